The Hall–Kier alpha value is -0.610. The van der Waals surface area contributed by atoms with Crippen molar-refractivity contribution in [3.63, 3.8) is 0 Å². The second-order valence-electron chi connectivity index (χ2n) is 4.82. The molecule has 0 amide bonds. The van der Waals surface area contributed by atoms with Crippen molar-refractivity contribution in [3.8, 4) is 0 Å². The minimum absolute atomic E-state index is 0.0296. The van der Waals surface area contributed by atoms with E-state index in [1.165, 1.54) is 5.56 Å². The largest absolute Gasteiger partial charge is 0.365 e. The molecule has 90 valence electrons. The summed E-state index contributed by atoms with van der Waals surface area (Å²) in [5.74, 6) is 0.955. The minimum Gasteiger partial charge on any atom is -0.365 e. The average Bonchev–Trinajstić information content (AvgIpc) is 2.16. The molecule has 0 saturated carbocycles. The molecule has 2 N–H and O–H groups in total. The summed E-state index contributed by atoms with van der Waals surface area (Å²) in [6.07, 6.45) is 1.82. The smallest absolute Gasteiger partial charge is 0.130 e. The molecule has 4 heteroatoms. The zero-order valence-corrected chi connectivity index (χ0v) is 12.0. The maximum Gasteiger partial charge on any atom is 0.130 e. The Kier molecular flexibility index (Phi) is 4.74. The summed E-state index contributed by atoms with van der Waals surface area (Å²) in [6.45, 7) is 10.3. The molecule has 0 aliphatic carbocycles. The highest BCUT2D eigenvalue weighted by Gasteiger charge is 2.13. The Bertz CT molecular complexity index is 345. The van der Waals surface area contributed by atoms with E-state index < -0.39 is 0 Å². The van der Waals surface area contributed by atoms with Gasteiger partial charge in [-0.3, -0.25) is 0 Å². The molecule has 0 aromatic carbocycles. The third-order valence-electron chi connectivity index (χ3n) is 1.99. The van der Waals surface area contributed by atoms with Crippen LogP contribution in [0.3, 0.4) is 0 Å². The van der Waals surface area contributed by atoms with E-state index >= 15 is 0 Å². The van der Waals surface area contributed by atoms with Gasteiger partial charge in [-0.2, -0.15) is 0 Å². The molecule has 0 unspecified atom stereocenters. The fourth-order valence-corrected chi connectivity index (χ4v) is 1.72. The van der Waals surface area contributed by atoms with Gasteiger partial charge in [0.2, 0.25) is 0 Å². The molecule has 0 radical (unpaired) electrons. The van der Waals surface area contributed by atoms with Crippen molar-refractivity contribution < 1.29 is 0 Å². The summed E-state index contributed by atoms with van der Waals surface area (Å²) in [5.41, 5.74) is 1.22. The van der Waals surface area contributed by atoms with E-state index in [0.717, 1.165) is 23.4 Å². The van der Waals surface area contributed by atoms with Crippen molar-refractivity contribution in [3.05, 3.63) is 22.3 Å². The quantitative estimate of drug-likeness (QED) is 0.892. The first kappa shape index (κ1) is 13.5. The number of anilines is 1. The van der Waals surface area contributed by atoms with E-state index in [2.05, 4.69) is 65.3 Å². The van der Waals surface area contributed by atoms with Gasteiger partial charge in [0.25, 0.3) is 0 Å². The number of pyridine rings is 1. The molecule has 1 heterocycles. The molecule has 0 aliphatic heterocycles. The van der Waals surface area contributed by atoms with E-state index in [0.29, 0.717) is 0 Å². The summed E-state index contributed by atoms with van der Waals surface area (Å²) in [6, 6.07) is 2.10. The molecule has 0 bridgehead atoms. The summed E-state index contributed by atoms with van der Waals surface area (Å²) in [4.78, 5) is 4.42. The van der Waals surface area contributed by atoms with Crippen LogP contribution in [0.25, 0.3) is 0 Å². The van der Waals surface area contributed by atoms with Crippen LogP contribution in [0, 0.1) is 0 Å². The predicted molar refractivity (Wildman–Crippen MR) is 72.7 cm³/mol. The van der Waals surface area contributed by atoms with Gasteiger partial charge < -0.3 is 10.6 Å². The first-order valence-corrected chi connectivity index (χ1v) is 6.35. The Balaban J connectivity index is 2.89. The fourth-order valence-electron chi connectivity index (χ4n) is 1.34. The molecular formula is C12H20BrN3. The molecule has 16 heavy (non-hydrogen) atoms. The molecule has 0 atom stereocenters. The second-order valence-corrected chi connectivity index (χ2v) is 5.73. The van der Waals surface area contributed by atoms with Crippen LogP contribution in [0.2, 0.25) is 0 Å². The lowest BCUT2D eigenvalue weighted by atomic mass is 10.1. The van der Waals surface area contributed by atoms with Crippen LogP contribution in [0.1, 0.15) is 33.3 Å². The lowest BCUT2D eigenvalue weighted by Crippen LogP contribution is -2.28. The number of hydrogen-bond acceptors (Lipinski definition) is 3. The van der Waals surface area contributed by atoms with Gasteiger partial charge in [-0.1, -0.05) is 6.92 Å². The summed E-state index contributed by atoms with van der Waals surface area (Å²) < 4.78 is 1.01. The number of aromatic nitrogens is 1. The van der Waals surface area contributed by atoms with E-state index in [1.54, 1.807) is 0 Å². The van der Waals surface area contributed by atoms with Crippen molar-refractivity contribution >= 4 is 21.7 Å². The Labute approximate surface area is 106 Å². The molecule has 3 nitrogen and oxygen atoms in total. The van der Waals surface area contributed by atoms with Gasteiger partial charge in [-0.15, -0.1) is 0 Å². The van der Waals surface area contributed by atoms with Gasteiger partial charge in [0.05, 0.1) is 0 Å². The number of hydrogen-bond donors (Lipinski definition) is 2. The Morgan fingerprint density at radius 3 is 2.62 bits per heavy atom. The van der Waals surface area contributed by atoms with E-state index in [4.69, 9.17) is 0 Å². The van der Waals surface area contributed by atoms with Crippen LogP contribution in [-0.2, 0) is 6.54 Å². The monoisotopic (exact) mass is 285 g/mol. The van der Waals surface area contributed by atoms with Crippen LogP contribution < -0.4 is 10.6 Å². The normalized spacial score (nSPS) is 11.6. The Morgan fingerprint density at radius 1 is 1.38 bits per heavy atom. The highest BCUT2D eigenvalue weighted by Crippen LogP contribution is 2.20. The summed E-state index contributed by atoms with van der Waals surface area (Å²) >= 11 is 3.45. The molecule has 0 saturated heterocycles. The SMILES string of the molecule is CCNCc1cc(Br)cnc1NC(C)(C)C. The lowest BCUT2D eigenvalue weighted by molar-refractivity contribution is 0.626. The summed E-state index contributed by atoms with van der Waals surface area (Å²) in [5, 5.41) is 6.73. The van der Waals surface area contributed by atoms with Crippen molar-refractivity contribution in [1.82, 2.24) is 10.3 Å². The van der Waals surface area contributed by atoms with Gasteiger partial charge >= 0.3 is 0 Å². The molecule has 1 aromatic heterocycles. The number of nitrogens with one attached hydrogen (secondary N) is 2. The maximum atomic E-state index is 4.42. The van der Waals surface area contributed by atoms with E-state index in [1.807, 2.05) is 6.20 Å². The average molecular weight is 286 g/mol. The van der Waals surface area contributed by atoms with Crippen LogP contribution in [0.4, 0.5) is 5.82 Å². The van der Waals surface area contributed by atoms with Gasteiger partial charge in [-0.05, 0) is 49.3 Å². The molecule has 0 fully saturated rings. The minimum atomic E-state index is 0.0296. The van der Waals surface area contributed by atoms with E-state index in [-0.39, 0.29) is 5.54 Å². The first-order chi connectivity index (χ1) is 7.42. The van der Waals surface area contributed by atoms with Crippen molar-refractivity contribution in [2.24, 2.45) is 0 Å². The highest BCUT2D eigenvalue weighted by atomic mass is 79.9. The third-order valence-corrected chi connectivity index (χ3v) is 2.43. The molecule has 1 rings (SSSR count). The molecular weight excluding hydrogens is 266 g/mol. The third kappa shape index (κ3) is 4.49. The Morgan fingerprint density at radius 2 is 2.06 bits per heavy atom. The first-order valence-electron chi connectivity index (χ1n) is 5.55. The lowest BCUT2D eigenvalue weighted by Gasteiger charge is -2.23. The van der Waals surface area contributed by atoms with Crippen molar-refractivity contribution in [2.75, 3.05) is 11.9 Å². The number of halogens is 1. The molecule has 0 aliphatic rings. The van der Waals surface area contributed by atoms with Crippen molar-refractivity contribution in [2.45, 2.75) is 39.8 Å². The number of nitrogens with zero attached hydrogens (tertiary/aromatic N) is 1. The molecule has 0 spiro atoms. The van der Waals surface area contributed by atoms with Crippen LogP contribution in [0.5, 0.6) is 0 Å². The topological polar surface area (TPSA) is 37.0 Å². The van der Waals surface area contributed by atoms with Crippen LogP contribution >= 0.6 is 15.9 Å². The summed E-state index contributed by atoms with van der Waals surface area (Å²) in [7, 11) is 0. The van der Waals surface area contributed by atoms with Gasteiger partial charge in [-0.25, -0.2) is 4.98 Å². The zero-order chi connectivity index (χ0) is 12.2. The standard InChI is InChI=1S/C12H20BrN3/c1-5-14-7-9-6-10(13)8-15-11(9)16-12(2,3)4/h6,8,14H,5,7H2,1-4H3,(H,15,16). The van der Waals surface area contributed by atoms with E-state index in [9.17, 15) is 0 Å². The van der Waals surface area contributed by atoms with Crippen LogP contribution in [-0.4, -0.2) is 17.1 Å². The second kappa shape index (κ2) is 5.64. The zero-order valence-electron chi connectivity index (χ0n) is 10.4. The van der Waals surface area contributed by atoms with Gasteiger partial charge in [0, 0.05) is 28.3 Å². The molecule has 1 aromatic rings. The number of rotatable bonds is 4. The van der Waals surface area contributed by atoms with Crippen LogP contribution in [0.15, 0.2) is 16.7 Å². The van der Waals surface area contributed by atoms with Crippen molar-refractivity contribution in [1.29, 1.82) is 0 Å². The fraction of sp³-hybridized carbons (Fsp3) is 0.583. The highest BCUT2D eigenvalue weighted by molar-refractivity contribution is 9.10. The van der Waals surface area contributed by atoms with Gasteiger partial charge in [0.1, 0.15) is 5.82 Å². The maximum absolute atomic E-state index is 4.42. The predicted octanol–water partition coefficient (Wildman–Crippen LogP) is 3.16. The van der Waals surface area contributed by atoms with Gasteiger partial charge in [0.15, 0.2) is 0 Å².